The number of amides is 1. The third-order valence-corrected chi connectivity index (χ3v) is 4.42. The van der Waals surface area contributed by atoms with E-state index in [1.807, 2.05) is 31.2 Å². The minimum absolute atomic E-state index is 0.124. The Balaban J connectivity index is 1.88. The molecule has 1 atom stereocenters. The minimum Gasteiger partial charge on any atom is -0.507 e. The topological polar surface area (TPSA) is 81.0 Å². The van der Waals surface area contributed by atoms with E-state index in [-0.39, 0.29) is 23.6 Å². The summed E-state index contributed by atoms with van der Waals surface area (Å²) >= 11 is 0. The van der Waals surface area contributed by atoms with Gasteiger partial charge in [0.2, 0.25) is 0 Å². The van der Waals surface area contributed by atoms with E-state index in [1.54, 1.807) is 0 Å². The number of β-amino-alcohol motifs (C(OH)–C–C–N with tert-alkyl or cyclic N) is 1. The van der Waals surface area contributed by atoms with Gasteiger partial charge in [0.25, 0.3) is 5.91 Å². The number of aliphatic hydroxyl groups is 1. The number of rotatable bonds is 2. The van der Waals surface area contributed by atoms with Crippen LogP contribution in [-0.2, 0) is 5.60 Å². The molecule has 3 rings (SSSR count). The Kier molecular flexibility index (Phi) is 3.74. The molecule has 0 radical (unpaired) electrons. The summed E-state index contributed by atoms with van der Waals surface area (Å²) in [4.78, 5) is 14.0. The fourth-order valence-electron chi connectivity index (χ4n) is 3.19. The van der Waals surface area contributed by atoms with Gasteiger partial charge in [0.15, 0.2) is 0 Å². The van der Waals surface area contributed by atoms with Crippen molar-refractivity contribution in [3.63, 3.8) is 0 Å². The second-order valence-corrected chi connectivity index (χ2v) is 5.99. The number of phenols is 2. The number of carbonyl (C=O) groups excluding carboxylic acids is 1. The average Bonchev–Trinajstić information content (AvgIpc) is 2.91. The van der Waals surface area contributed by atoms with E-state index in [9.17, 15) is 20.1 Å². The first-order valence-corrected chi connectivity index (χ1v) is 7.51. The Hall–Kier alpha value is -2.53. The first-order chi connectivity index (χ1) is 10.9. The van der Waals surface area contributed by atoms with Crippen LogP contribution in [0, 0.1) is 6.92 Å². The van der Waals surface area contributed by atoms with Gasteiger partial charge >= 0.3 is 0 Å². The number of aryl methyl sites for hydroxylation is 1. The molecule has 2 aromatic carbocycles. The standard InChI is InChI=1S/C18H19NO4/c1-12-5-2-3-6-13(12)18(23)9-10-19(11-18)17(22)16-14(20)7-4-8-15(16)21/h2-8,20-21,23H,9-11H2,1H3/t18-/m0/s1. The second-order valence-electron chi connectivity index (χ2n) is 5.99. The maximum Gasteiger partial charge on any atom is 0.261 e. The number of hydrogen-bond donors (Lipinski definition) is 3. The summed E-state index contributed by atoms with van der Waals surface area (Å²) in [7, 11) is 0. The van der Waals surface area contributed by atoms with E-state index >= 15 is 0 Å². The van der Waals surface area contributed by atoms with Gasteiger partial charge in [0.1, 0.15) is 22.7 Å². The number of aromatic hydroxyl groups is 2. The Bertz CT molecular complexity index is 738. The largest absolute Gasteiger partial charge is 0.507 e. The van der Waals surface area contributed by atoms with Gasteiger partial charge in [-0.1, -0.05) is 30.3 Å². The number of likely N-dealkylation sites (tertiary alicyclic amines) is 1. The molecule has 1 aliphatic rings. The molecule has 2 aromatic rings. The Morgan fingerprint density at radius 2 is 1.74 bits per heavy atom. The van der Waals surface area contributed by atoms with Crippen molar-refractivity contribution < 1.29 is 20.1 Å². The SMILES string of the molecule is Cc1ccccc1[C@]1(O)CCN(C(=O)c2c(O)cccc2O)C1. The number of phenolic OH excluding ortho intramolecular Hbond substituents is 2. The second kappa shape index (κ2) is 5.59. The van der Waals surface area contributed by atoms with Crippen molar-refractivity contribution in [2.75, 3.05) is 13.1 Å². The van der Waals surface area contributed by atoms with E-state index in [1.165, 1.54) is 23.1 Å². The van der Waals surface area contributed by atoms with Crippen LogP contribution < -0.4 is 0 Å². The summed E-state index contributed by atoms with van der Waals surface area (Å²) < 4.78 is 0. The lowest BCUT2D eigenvalue weighted by atomic mass is 9.89. The Morgan fingerprint density at radius 1 is 1.09 bits per heavy atom. The summed E-state index contributed by atoms with van der Waals surface area (Å²) in [6, 6.07) is 11.7. The molecule has 1 fully saturated rings. The highest BCUT2D eigenvalue weighted by Crippen LogP contribution is 2.36. The summed E-state index contributed by atoms with van der Waals surface area (Å²) in [5, 5.41) is 30.6. The van der Waals surface area contributed by atoms with E-state index in [4.69, 9.17) is 0 Å². The molecule has 5 nitrogen and oxygen atoms in total. The van der Waals surface area contributed by atoms with Crippen molar-refractivity contribution in [2.24, 2.45) is 0 Å². The molecule has 1 heterocycles. The van der Waals surface area contributed by atoms with Crippen LogP contribution >= 0.6 is 0 Å². The zero-order chi connectivity index (χ0) is 16.6. The van der Waals surface area contributed by atoms with Crippen molar-refractivity contribution in [3.8, 4) is 11.5 Å². The highest BCUT2D eigenvalue weighted by atomic mass is 16.3. The molecule has 0 aliphatic carbocycles. The van der Waals surface area contributed by atoms with Crippen LogP contribution in [0.2, 0.25) is 0 Å². The fourth-order valence-corrected chi connectivity index (χ4v) is 3.19. The maximum absolute atomic E-state index is 12.6. The van der Waals surface area contributed by atoms with Gasteiger partial charge in [-0.2, -0.15) is 0 Å². The molecule has 0 bridgehead atoms. The molecule has 1 saturated heterocycles. The molecule has 3 N–H and O–H groups in total. The van der Waals surface area contributed by atoms with Crippen molar-refractivity contribution in [3.05, 3.63) is 59.2 Å². The zero-order valence-electron chi connectivity index (χ0n) is 12.9. The lowest BCUT2D eigenvalue weighted by Crippen LogP contribution is -2.34. The predicted octanol–water partition coefficient (Wildman–Crippen LogP) is 2.14. The molecule has 120 valence electrons. The molecule has 5 heteroatoms. The summed E-state index contributed by atoms with van der Waals surface area (Å²) in [6.07, 6.45) is 0.415. The van der Waals surface area contributed by atoms with Gasteiger partial charge in [0.05, 0.1) is 6.54 Å². The van der Waals surface area contributed by atoms with E-state index in [0.717, 1.165) is 11.1 Å². The first-order valence-electron chi connectivity index (χ1n) is 7.51. The van der Waals surface area contributed by atoms with Crippen LogP contribution in [0.1, 0.15) is 27.9 Å². The minimum atomic E-state index is -1.11. The van der Waals surface area contributed by atoms with Crippen LogP contribution in [0.25, 0.3) is 0 Å². The highest BCUT2D eigenvalue weighted by molar-refractivity contribution is 5.99. The fraction of sp³-hybridized carbons (Fsp3) is 0.278. The average molecular weight is 313 g/mol. The Labute approximate surface area is 134 Å². The number of nitrogens with zero attached hydrogens (tertiary/aromatic N) is 1. The third kappa shape index (κ3) is 2.64. The third-order valence-electron chi connectivity index (χ3n) is 4.42. The van der Waals surface area contributed by atoms with Crippen molar-refractivity contribution in [2.45, 2.75) is 18.9 Å². The van der Waals surface area contributed by atoms with Gasteiger partial charge in [-0.15, -0.1) is 0 Å². The van der Waals surface area contributed by atoms with Crippen molar-refractivity contribution in [1.82, 2.24) is 4.90 Å². The maximum atomic E-state index is 12.6. The van der Waals surface area contributed by atoms with Gasteiger partial charge in [-0.25, -0.2) is 0 Å². The van der Waals surface area contributed by atoms with Crippen LogP contribution in [0.4, 0.5) is 0 Å². The molecule has 1 aliphatic heterocycles. The van der Waals surface area contributed by atoms with Crippen LogP contribution in [-0.4, -0.2) is 39.2 Å². The van der Waals surface area contributed by atoms with Crippen molar-refractivity contribution >= 4 is 5.91 Å². The Morgan fingerprint density at radius 3 is 2.39 bits per heavy atom. The molecule has 0 spiro atoms. The molecule has 23 heavy (non-hydrogen) atoms. The molecule has 1 amide bonds. The summed E-state index contributed by atoms with van der Waals surface area (Å²) in [5.74, 6) is -1.01. The molecule has 0 saturated carbocycles. The molecular weight excluding hydrogens is 294 g/mol. The highest BCUT2D eigenvalue weighted by Gasteiger charge is 2.41. The predicted molar refractivity (Wildman–Crippen MR) is 85.4 cm³/mol. The quantitative estimate of drug-likeness (QED) is 0.793. The van der Waals surface area contributed by atoms with Crippen LogP contribution in [0.5, 0.6) is 11.5 Å². The van der Waals surface area contributed by atoms with Crippen LogP contribution in [0.15, 0.2) is 42.5 Å². The number of benzene rings is 2. The smallest absolute Gasteiger partial charge is 0.261 e. The van der Waals surface area contributed by atoms with Gasteiger partial charge < -0.3 is 20.2 Å². The molecular formula is C18H19NO4. The molecule has 0 aromatic heterocycles. The number of carbonyl (C=O) groups is 1. The van der Waals surface area contributed by atoms with Crippen LogP contribution in [0.3, 0.4) is 0 Å². The van der Waals surface area contributed by atoms with Crippen molar-refractivity contribution in [1.29, 1.82) is 0 Å². The lowest BCUT2D eigenvalue weighted by Gasteiger charge is -2.25. The van der Waals surface area contributed by atoms with Gasteiger partial charge in [-0.3, -0.25) is 4.79 Å². The molecule has 0 unspecified atom stereocenters. The van der Waals surface area contributed by atoms with Gasteiger partial charge in [-0.05, 0) is 36.6 Å². The zero-order valence-corrected chi connectivity index (χ0v) is 12.9. The first kappa shape index (κ1) is 15.4. The van der Waals surface area contributed by atoms with E-state index in [0.29, 0.717) is 13.0 Å². The lowest BCUT2D eigenvalue weighted by molar-refractivity contribution is 0.0410. The monoisotopic (exact) mass is 313 g/mol. The summed E-state index contributed by atoms with van der Waals surface area (Å²) in [6.45, 7) is 2.41. The normalized spacial score (nSPS) is 20.7. The van der Waals surface area contributed by atoms with E-state index < -0.39 is 11.5 Å². The van der Waals surface area contributed by atoms with E-state index in [2.05, 4.69) is 0 Å². The summed E-state index contributed by atoms with van der Waals surface area (Å²) in [5.41, 5.74) is 0.536. The van der Waals surface area contributed by atoms with Gasteiger partial charge in [0, 0.05) is 6.54 Å². The number of hydrogen-bond acceptors (Lipinski definition) is 4.